The van der Waals surface area contributed by atoms with Gasteiger partial charge in [0, 0.05) is 0 Å². The SMILES string of the molecule is C1=CC2C=CC1C2.C[C@@H]([C@H](C)P(c1ccccc1)c1ccccc1)P(c1ccccc1)c1ccccc1.[O-][Cl+3]([O-])([O-])[O-].[Rh+]. The Morgan fingerprint density at radius 2 is 0.698 bits per heavy atom. The van der Waals surface area contributed by atoms with Crippen LogP contribution in [0.15, 0.2) is 146 Å². The molecule has 2 aliphatic carbocycles. The first-order valence-electron chi connectivity index (χ1n) is 14.0. The van der Waals surface area contributed by atoms with E-state index in [1.54, 1.807) is 0 Å². The molecular weight excluding hydrogens is 685 g/mol. The minimum Gasteiger partial charge on any atom is -0.222 e. The fourth-order valence-electron chi connectivity index (χ4n) is 5.35. The summed E-state index contributed by atoms with van der Waals surface area (Å²) in [7, 11) is -5.84. The Hall–Kier alpha value is -2.03. The maximum absolute atomic E-state index is 8.49. The molecule has 0 saturated heterocycles. The van der Waals surface area contributed by atoms with Gasteiger partial charge in [-0.15, -0.1) is 10.2 Å². The van der Waals surface area contributed by atoms with Gasteiger partial charge in [0.2, 0.25) is 0 Å². The van der Waals surface area contributed by atoms with Gasteiger partial charge in [-0.3, -0.25) is 0 Å². The summed E-state index contributed by atoms with van der Waals surface area (Å²) in [6.45, 7) is 4.94. The summed E-state index contributed by atoms with van der Waals surface area (Å²) >= 11 is 0. The molecule has 0 fully saturated rings. The molecule has 4 aromatic carbocycles. The van der Waals surface area contributed by atoms with Crippen LogP contribution in [-0.4, -0.2) is 11.3 Å². The van der Waals surface area contributed by atoms with Crippen molar-refractivity contribution >= 4 is 37.1 Å². The maximum atomic E-state index is 8.49. The van der Waals surface area contributed by atoms with Gasteiger partial charge in [-0.1, -0.05) is 159 Å². The molecular formula is C35H36ClO4P2Rh. The number of fused-ring (bicyclic) bond motifs is 2. The van der Waals surface area contributed by atoms with Crippen LogP contribution in [-0.2, 0) is 19.5 Å². The Balaban J connectivity index is 0.000000322. The fraction of sp³-hybridized carbons (Fsp3) is 0.200. The summed E-state index contributed by atoms with van der Waals surface area (Å²) in [5, 5.41) is 5.87. The van der Waals surface area contributed by atoms with Gasteiger partial charge >= 0.3 is 19.5 Å². The van der Waals surface area contributed by atoms with E-state index in [2.05, 4.69) is 159 Å². The third kappa shape index (κ3) is 11.1. The number of hydrogen-bond acceptors (Lipinski definition) is 4. The first kappa shape index (κ1) is 35.5. The summed E-state index contributed by atoms with van der Waals surface area (Å²) in [5.41, 5.74) is 1.10. The topological polar surface area (TPSA) is 92.2 Å². The zero-order chi connectivity index (χ0) is 30.0. The standard InChI is InChI=1S/C28H28P2.C7H8.ClHO4.Rh/c1-23(29(25-15-7-3-8-16-25)26-17-9-4-10-18-26)24(2)30(27-19-11-5-12-20-27)28-21-13-6-14-22-28;1-2-7-4-3-6(1)5-7;2-1(3,4)5;/h3-24H,1-2H3;1-4,6-7H,5H2;(H,2,3,4,5);/q;;;+1/p-1/t23-,24-;;;/m0.../s1. The van der Waals surface area contributed by atoms with Crippen molar-refractivity contribution < 1.29 is 48.4 Å². The van der Waals surface area contributed by atoms with Gasteiger partial charge in [0.25, 0.3) is 0 Å². The van der Waals surface area contributed by atoms with Crippen LogP contribution in [0.3, 0.4) is 0 Å². The van der Waals surface area contributed by atoms with Gasteiger partial charge in [-0.25, -0.2) is 18.6 Å². The van der Waals surface area contributed by atoms with Crippen molar-refractivity contribution in [2.75, 3.05) is 0 Å². The van der Waals surface area contributed by atoms with E-state index >= 15 is 0 Å². The Morgan fingerprint density at radius 3 is 0.860 bits per heavy atom. The molecule has 6 rings (SSSR count). The quantitative estimate of drug-likeness (QED) is 0.167. The molecule has 0 heterocycles. The van der Waals surface area contributed by atoms with E-state index in [1.165, 1.54) is 27.6 Å². The number of hydrogen-bond donors (Lipinski definition) is 0. The Morgan fingerprint density at radius 1 is 0.488 bits per heavy atom. The third-order valence-corrected chi connectivity index (χ3v) is 13.6. The van der Waals surface area contributed by atoms with Crippen LogP contribution in [0.4, 0.5) is 0 Å². The predicted molar refractivity (Wildman–Crippen MR) is 167 cm³/mol. The molecule has 0 saturated carbocycles. The van der Waals surface area contributed by atoms with Crippen LogP contribution in [0.5, 0.6) is 0 Å². The number of benzene rings is 4. The molecule has 2 aliphatic rings. The van der Waals surface area contributed by atoms with Gasteiger partial charge in [0.1, 0.15) is 0 Å². The Bertz CT molecular complexity index is 1200. The third-order valence-electron chi connectivity index (χ3n) is 7.41. The summed E-state index contributed by atoms with van der Waals surface area (Å²) in [6.07, 6.45) is 10.5. The Kier molecular flexibility index (Phi) is 14.4. The molecule has 0 aliphatic heterocycles. The smallest absolute Gasteiger partial charge is 0.222 e. The molecule has 0 amide bonds. The average molecular weight is 721 g/mol. The minimum absolute atomic E-state index is 0. The molecule has 4 aromatic rings. The van der Waals surface area contributed by atoms with E-state index in [0.29, 0.717) is 11.3 Å². The minimum atomic E-state index is -4.94. The van der Waals surface area contributed by atoms with Crippen LogP contribution in [0.1, 0.15) is 20.3 Å². The van der Waals surface area contributed by atoms with Gasteiger partial charge in [0.05, 0.1) is 0 Å². The van der Waals surface area contributed by atoms with Gasteiger partial charge in [0.15, 0.2) is 0 Å². The summed E-state index contributed by atoms with van der Waals surface area (Å²) in [5.74, 6) is 1.62. The fourth-order valence-corrected chi connectivity index (χ4v) is 11.5. The molecule has 8 heteroatoms. The van der Waals surface area contributed by atoms with Crippen molar-refractivity contribution in [2.45, 2.75) is 31.6 Å². The second-order valence-electron chi connectivity index (χ2n) is 10.3. The van der Waals surface area contributed by atoms with Crippen molar-refractivity contribution in [1.29, 1.82) is 0 Å². The van der Waals surface area contributed by atoms with Gasteiger partial charge in [-0.05, 0) is 66.6 Å². The van der Waals surface area contributed by atoms with Crippen molar-refractivity contribution in [1.82, 2.24) is 0 Å². The van der Waals surface area contributed by atoms with Crippen molar-refractivity contribution in [2.24, 2.45) is 11.8 Å². The number of rotatable bonds is 7. The van der Waals surface area contributed by atoms with Gasteiger partial charge < -0.3 is 0 Å². The first-order chi connectivity index (χ1) is 20.2. The van der Waals surface area contributed by atoms with Crippen molar-refractivity contribution in [3.05, 3.63) is 146 Å². The maximum Gasteiger partial charge on any atom is 1.00 e. The van der Waals surface area contributed by atoms with E-state index in [1.807, 2.05) is 0 Å². The predicted octanol–water partition coefficient (Wildman–Crippen LogP) is 3.02. The van der Waals surface area contributed by atoms with E-state index in [-0.39, 0.29) is 19.5 Å². The van der Waals surface area contributed by atoms with E-state index in [0.717, 1.165) is 11.8 Å². The zero-order valence-corrected chi connectivity index (χ0v) is 28.3. The molecule has 4 nitrogen and oxygen atoms in total. The monoisotopic (exact) mass is 720 g/mol. The molecule has 2 atom stereocenters. The summed E-state index contributed by atoms with van der Waals surface area (Å²) in [4.78, 5) is 0. The van der Waals surface area contributed by atoms with E-state index < -0.39 is 26.1 Å². The van der Waals surface area contributed by atoms with Crippen LogP contribution in [0.2, 0.25) is 0 Å². The van der Waals surface area contributed by atoms with Crippen molar-refractivity contribution in [3.8, 4) is 0 Å². The van der Waals surface area contributed by atoms with Crippen molar-refractivity contribution in [3.63, 3.8) is 0 Å². The number of halogens is 1. The molecule has 0 unspecified atom stereocenters. The Labute approximate surface area is 273 Å². The normalized spacial score (nSPS) is 17.8. The van der Waals surface area contributed by atoms with Gasteiger partial charge in [-0.2, -0.15) is 0 Å². The number of allylic oxidation sites excluding steroid dienone is 4. The summed E-state index contributed by atoms with van der Waals surface area (Å²) < 4.78 is 34.0. The molecule has 0 radical (unpaired) electrons. The van der Waals surface area contributed by atoms with Crippen LogP contribution in [0, 0.1) is 22.1 Å². The first-order valence-corrected chi connectivity index (χ1v) is 18.0. The van der Waals surface area contributed by atoms with E-state index in [4.69, 9.17) is 18.6 Å². The van der Waals surface area contributed by atoms with Crippen LogP contribution >= 0.6 is 15.8 Å². The largest absolute Gasteiger partial charge is 1.00 e. The molecule has 0 aromatic heterocycles. The van der Waals surface area contributed by atoms with E-state index in [9.17, 15) is 0 Å². The second kappa shape index (κ2) is 17.5. The molecule has 0 N–H and O–H groups in total. The molecule has 2 bridgehead atoms. The van der Waals surface area contributed by atoms with Crippen LogP contribution < -0.4 is 39.9 Å². The summed E-state index contributed by atoms with van der Waals surface area (Å²) in [6, 6.07) is 44.5. The molecule has 43 heavy (non-hydrogen) atoms. The molecule has 226 valence electrons. The second-order valence-corrected chi connectivity index (χ2v) is 16.2. The van der Waals surface area contributed by atoms with Crippen LogP contribution in [0.25, 0.3) is 0 Å². The zero-order valence-electron chi connectivity index (χ0n) is 24.1. The average Bonchev–Trinajstić information content (AvgIpc) is 3.66. The molecule has 0 spiro atoms.